The topological polar surface area (TPSA) is 53.7 Å². The van der Waals surface area contributed by atoms with Gasteiger partial charge in [-0.2, -0.15) is 0 Å². The first kappa shape index (κ1) is 13.7. The van der Waals surface area contributed by atoms with Crippen molar-refractivity contribution in [3.8, 4) is 17.2 Å². The quantitative estimate of drug-likeness (QED) is 0.939. The second-order valence-corrected chi connectivity index (χ2v) is 4.95. The first-order chi connectivity index (χ1) is 10.1. The third-order valence-electron chi connectivity index (χ3n) is 3.31. The maximum atomic E-state index is 13.9. The highest BCUT2D eigenvalue weighted by Crippen LogP contribution is 2.33. The van der Waals surface area contributed by atoms with E-state index < -0.39 is 5.82 Å². The lowest BCUT2D eigenvalue weighted by Gasteiger charge is -2.10. The summed E-state index contributed by atoms with van der Waals surface area (Å²) >= 11 is 0. The summed E-state index contributed by atoms with van der Waals surface area (Å²) in [4.78, 5) is 0. The zero-order chi connectivity index (χ0) is 14.8. The Kier molecular flexibility index (Phi) is 3.66. The van der Waals surface area contributed by atoms with Crippen molar-refractivity contribution in [3.05, 3.63) is 53.3 Å². The summed E-state index contributed by atoms with van der Waals surface area (Å²) in [7, 11) is 0. The van der Waals surface area contributed by atoms with Crippen LogP contribution in [-0.4, -0.2) is 6.79 Å². The van der Waals surface area contributed by atoms with Gasteiger partial charge in [-0.05, 0) is 42.3 Å². The van der Waals surface area contributed by atoms with Crippen molar-refractivity contribution in [2.24, 2.45) is 5.73 Å². The Morgan fingerprint density at radius 1 is 1.19 bits per heavy atom. The van der Waals surface area contributed by atoms with Gasteiger partial charge in [0.2, 0.25) is 6.79 Å². The third kappa shape index (κ3) is 2.92. The van der Waals surface area contributed by atoms with E-state index in [0.717, 1.165) is 11.1 Å². The molecule has 2 aromatic carbocycles. The molecule has 3 rings (SSSR count). The summed E-state index contributed by atoms with van der Waals surface area (Å²) in [5.41, 5.74) is 7.34. The molecule has 0 unspecified atom stereocenters. The van der Waals surface area contributed by atoms with E-state index in [9.17, 15) is 4.39 Å². The van der Waals surface area contributed by atoms with Gasteiger partial charge in [-0.15, -0.1) is 0 Å². The Balaban J connectivity index is 1.70. The molecule has 0 bridgehead atoms. The van der Waals surface area contributed by atoms with E-state index in [2.05, 4.69) is 0 Å². The average Bonchev–Trinajstić information content (AvgIpc) is 2.93. The van der Waals surface area contributed by atoms with Crippen LogP contribution in [0.5, 0.6) is 17.2 Å². The maximum Gasteiger partial charge on any atom is 0.231 e. The molecule has 1 heterocycles. The van der Waals surface area contributed by atoms with E-state index in [4.69, 9.17) is 19.9 Å². The molecule has 1 aliphatic rings. The molecule has 0 radical (unpaired) electrons. The lowest BCUT2D eigenvalue weighted by atomic mass is 10.1. The first-order valence-corrected chi connectivity index (χ1v) is 6.70. The summed E-state index contributed by atoms with van der Waals surface area (Å²) in [5, 5.41) is 0. The van der Waals surface area contributed by atoms with Gasteiger partial charge >= 0.3 is 0 Å². The predicted molar refractivity (Wildman–Crippen MR) is 75.9 cm³/mol. The number of benzene rings is 2. The van der Waals surface area contributed by atoms with Crippen molar-refractivity contribution >= 4 is 0 Å². The standard InChI is InChI=1S/C16H16FNO3/c1-10(18)12-3-5-14(13(17)7-12)19-8-11-2-4-15-16(6-11)21-9-20-15/h2-7,10H,8-9,18H2,1H3/t10-/m1/s1. The second-order valence-electron chi connectivity index (χ2n) is 4.95. The molecule has 0 aromatic heterocycles. The molecule has 2 N–H and O–H groups in total. The van der Waals surface area contributed by atoms with Gasteiger partial charge in [0.25, 0.3) is 0 Å². The number of hydrogen-bond acceptors (Lipinski definition) is 4. The van der Waals surface area contributed by atoms with Crippen LogP contribution in [0.25, 0.3) is 0 Å². The monoisotopic (exact) mass is 289 g/mol. The van der Waals surface area contributed by atoms with Crippen LogP contribution in [0.2, 0.25) is 0 Å². The average molecular weight is 289 g/mol. The molecule has 0 amide bonds. The van der Waals surface area contributed by atoms with Crippen molar-refractivity contribution < 1.29 is 18.6 Å². The largest absolute Gasteiger partial charge is 0.486 e. The zero-order valence-corrected chi connectivity index (χ0v) is 11.6. The van der Waals surface area contributed by atoms with Crippen LogP contribution >= 0.6 is 0 Å². The van der Waals surface area contributed by atoms with Crippen molar-refractivity contribution in [1.82, 2.24) is 0 Å². The van der Waals surface area contributed by atoms with Gasteiger partial charge in [0.15, 0.2) is 23.1 Å². The second kappa shape index (κ2) is 5.61. The Bertz CT molecular complexity index is 658. The fraction of sp³-hybridized carbons (Fsp3) is 0.250. The minimum Gasteiger partial charge on any atom is -0.486 e. The summed E-state index contributed by atoms with van der Waals surface area (Å²) in [6.07, 6.45) is 0. The molecule has 1 atom stereocenters. The Morgan fingerprint density at radius 3 is 2.76 bits per heavy atom. The van der Waals surface area contributed by atoms with Gasteiger partial charge in [0, 0.05) is 6.04 Å². The van der Waals surface area contributed by atoms with Gasteiger partial charge in [0.1, 0.15) is 6.61 Å². The lowest BCUT2D eigenvalue weighted by Crippen LogP contribution is -2.06. The highest BCUT2D eigenvalue weighted by Gasteiger charge is 2.14. The van der Waals surface area contributed by atoms with Gasteiger partial charge in [-0.25, -0.2) is 4.39 Å². The van der Waals surface area contributed by atoms with Crippen LogP contribution in [0.1, 0.15) is 24.1 Å². The highest BCUT2D eigenvalue weighted by molar-refractivity contribution is 5.44. The predicted octanol–water partition coefficient (Wildman–Crippen LogP) is 3.15. The molecular formula is C16H16FNO3. The fourth-order valence-electron chi connectivity index (χ4n) is 2.11. The van der Waals surface area contributed by atoms with Crippen LogP contribution in [0.15, 0.2) is 36.4 Å². The maximum absolute atomic E-state index is 13.9. The van der Waals surface area contributed by atoms with E-state index >= 15 is 0 Å². The summed E-state index contributed by atoms with van der Waals surface area (Å²) in [6, 6.07) is 10.1. The van der Waals surface area contributed by atoms with E-state index in [-0.39, 0.29) is 25.2 Å². The van der Waals surface area contributed by atoms with Gasteiger partial charge in [-0.3, -0.25) is 0 Å². The number of halogens is 1. The number of rotatable bonds is 4. The Hall–Kier alpha value is -2.27. The lowest BCUT2D eigenvalue weighted by molar-refractivity contribution is 0.174. The van der Waals surface area contributed by atoms with E-state index in [0.29, 0.717) is 11.5 Å². The Labute approximate surface area is 122 Å². The van der Waals surface area contributed by atoms with Gasteiger partial charge in [0.05, 0.1) is 0 Å². The number of hydrogen-bond donors (Lipinski definition) is 1. The van der Waals surface area contributed by atoms with Crippen molar-refractivity contribution in [3.63, 3.8) is 0 Å². The van der Waals surface area contributed by atoms with Crippen LogP contribution in [0.4, 0.5) is 4.39 Å². The molecule has 4 nitrogen and oxygen atoms in total. The van der Waals surface area contributed by atoms with Crippen LogP contribution in [-0.2, 0) is 6.61 Å². The minimum absolute atomic E-state index is 0.206. The number of nitrogens with two attached hydrogens (primary N) is 1. The summed E-state index contributed by atoms with van der Waals surface area (Å²) < 4.78 is 29.9. The normalized spacial score (nSPS) is 14.0. The van der Waals surface area contributed by atoms with Crippen molar-refractivity contribution in [2.45, 2.75) is 19.6 Å². The molecule has 0 spiro atoms. The molecule has 1 aliphatic heterocycles. The molecule has 21 heavy (non-hydrogen) atoms. The van der Waals surface area contributed by atoms with Crippen LogP contribution in [0, 0.1) is 5.82 Å². The number of fused-ring (bicyclic) bond motifs is 1. The third-order valence-corrected chi connectivity index (χ3v) is 3.31. The van der Waals surface area contributed by atoms with Gasteiger partial charge < -0.3 is 19.9 Å². The highest BCUT2D eigenvalue weighted by atomic mass is 19.1. The van der Waals surface area contributed by atoms with Crippen molar-refractivity contribution in [2.75, 3.05) is 6.79 Å². The minimum atomic E-state index is -0.412. The van der Waals surface area contributed by atoms with E-state index in [1.54, 1.807) is 12.1 Å². The number of ether oxygens (including phenoxy) is 3. The molecule has 5 heteroatoms. The van der Waals surface area contributed by atoms with Gasteiger partial charge in [-0.1, -0.05) is 12.1 Å². The SMILES string of the molecule is C[C@@H](N)c1ccc(OCc2ccc3c(c2)OCO3)c(F)c1. The summed E-state index contributed by atoms with van der Waals surface area (Å²) in [6.45, 7) is 2.29. The fourth-order valence-corrected chi connectivity index (χ4v) is 2.11. The zero-order valence-electron chi connectivity index (χ0n) is 11.6. The van der Waals surface area contributed by atoms with E-state index in [1.165, 1.54) is 6.07 Å². The van der Waals surface area contributed by atoms with Crippen molar-refractivity contribution in [1.29, 1.82) is 0 Å². The molecular weight excluding hydrogens is 273 g/mol. The molecule has 0 aliphatic carbocycles. The van der Waals surface area contributed by atoms with Crippen LogP contribution in [0.3, 0.4) is 0 Å². The molecule has 2 aromatic rings. The smallest absolute Gasteiger partial charge is 0.231 e. The van der Waals surface area contributed by atoms with Crippen LogP contribution < -0.4 is 19.9 Å². The molecule has 0 fully saturated rings. The molecule has 0 saturated carbocycles. The summed E-state index contributed by atoms with van der Waals surface area (Å²) in [5.74, 6) is 1.19. The molecule has 110 valence electrons. The van der Waals surface area contributed by atoms with E-state index in [1.807, 2.05) is 25.1 Å². The first-order valence-electron chi connectivity index (χ1n) is 6.70. The Morgan fingerprint density at radius 2 is 2.00 bits per heavy atom. The molecule has 0 saturated heterocycles.